The highest BCUT2D eigenvalue weighted by Gasteiger charge is 2.23. The number of H-pyrrole nitrogens is 1. The van der Waals surface area contributed by atoms with Crippen LogP contribution in [0.25, 0.3) is 0 Å². The van der Waals surface area contributed by atoms with E-state index in [2.05, 4.69) is 41.6 Å². The molecule has 0 aliphatic carbocycles. The van der Waals surface area contributed by atoms with Crippen LogP contribution in [0.5, 0.6) is 0 Å². The summed E-state index contributed by atoms with van der Waals surface area (Å²) in [6, 6.07) is 0. The van der Waals surface area contributed by atoms with Gasteiger partial charge in [0.15, 0.2) is 0 Å². The molecule has 0 bridgehead atoms. The van der Waals surface area contributed by atoms with Crippen LogP contribution < -0.4 is 10.6 Å². The van der Waals surface area contributed by atoms with Gasteiger partial charge in [-0.25, -0.2) is 0 Å². The van der Waals surface area contributed by atoms with Crippen molar-refractivity contribution in [3.63, 3.8) is 0 Å². The standard InChI is InChI=1S/C12H24N4/c1-12(2,3)11-9(8-14-5)10(15-16-11)6-7-13-4/h13-14H,6-8H2,1-5H3,(H,15,16). The van der Waals surface area contributed by atoms with Crippen LogP contribution in [0.15, 0.2) is 0 Å². The lowest BCUT2D eigenvalue weighted by Gasteiger charge is -2.18. The van der Waals surface area contributed by atoms with Gasteiger partial charge in [0.05, 0.1) is 5.69 Å². The molecule has 0 saturated carbocycles. The summed E-state index contributed by atoms with van der Waals surface area (Å²) in [5, 5.41) is 14.0. The highest BCUT2D eigenvalue weighted by molar-refractivity contribution is 5.30. The summed E-state index contributed by atoms with van der Waals surface area (Å²) in [6.45, 7) is 8.45. The van der Waals surface area contributed by atoms with E-state index in [1.165, 1.54) is 17.0 Å². The Labute approximate surface area is 98.2 Å². The van der Waals surface area contributed by atoms with E-state index in [0.29, 0.717) is 0 Å². The number of nitrogens with zero attached hydrogens (tertiary/aromatic N) is 1. The van der Waals surface area contributed by atoms with Crippen molar-refractivity contribution < 1.29 is 0 Å². The molecule has 1 aromatic heterocycles. The lowest BCUT2D eigenvalue weighted by Crippen LogP contribution is -2.18. The largest absolute Gasteiger partial charge is 0.319 e. The highest BCUT2D eigenvalue weighted by Crippen LogP contribution is 2.25. The Bertz CT molecular complexity index is 322. The van der Waals surface area contributed by atoms with Crippen LogP contribution in [-0.4, -0.2) is 30.8 Å². The number of hydrogen-bond donors (Lipinski definition) is 3. The fourth-order valence-electron chi connectivity index (χ4n) is 1.85. The molecule has 1 rings (SSSR count). The van der Waals surface area contributed by atoms with E-state index in [0.717, 1.165) is 19.5 Å². The van der Waals surface area contributed by atoms with Crippen molar-refractivity contribution in [3.05, 3.63) is 17.0 Å². The zero-order valence-electron chi connectivity index (χ0n) is 11.1. The zero-order chi connectivity index (χ0) is 12.2. The number of aromatic amines is 1. The minimum Gasteiger partial charge on any atom is -0.319 e. The van der Waals surface area contributed by atoms with Crippen LogP contribution in [0.2, 0.25) is 0 Å². The van der Waals surface area contributed by atoms with Crippen LogP contribution >= 0.6 is 0 Å². The Morgan fingerprint density at radius 2 is 1.88 bits per heavy atom. The van der Waals surface area contributed by atoms with E-state index in [1.54, 1.807) is 0 Å². The number of aromatic nitrogens is 2. The maximum atomic E-state index is 4.47. The van der Waals surface area contributed by atoms with Gasteiger partial charge in [0.2, 0.25) is 0 Å². The molecule has 1 aromatic rings. The molecule has 4 heteroatoms. The van der Waals surface area contributed by atoms with E-state index in [1.807, 2.05) is 14.1 Å². The van der Waals surface area contributed by atoms with E-state index < -0.39 is 0 Å². The normalized spacial score (nSPS) is 12.1. The van der Waals surface area contributed by atoms with Crippen molar-refractivity contribution >= 4 is 0 Å². The van der Waals surface area contributed by atoms with Crippen molar-refractivity contribution in [2.24, 2.45) is 0 Å². The maximum absolute atomic E-state index is 4.47. The van der Waals surface area contributed by atoms with Crippen molar-refractivity contribution in [1.82, 2.24) is 20.8 Å². The van der Waals surface area contributed by atoms with Gasteiger partial charge < -0.3 is 10.6 Å². The Kier molecular flexibility index (Phi) is 4.50. The van der Waals surface area contributed by atoms with E-state index in [-0.39, 0.29) is 5.41 Å². The third-order valence-electron chi connectivity index (χ3n) is 2.64. The Hall–Kier alpha value is -0.870. The van der Waals surface area contributed by atoms with Crippen molar-refractivity contribution in [2.45, 2.75) is 39.2 Å². The Balaban J connectivity index is 2.97. The lowest BCUT2D eigenvalue weighted by atomic mass is 9.88. The van der Waals surface area contributed by atoms with E-state index in [9.17, 15) is 0 Å². The number of nitrogens with one attached hydrogen (secondary N) is 3. The first-order chi connectivity index (χ1) is 7.50. The van der Waals surface area contributed by atoms with E-state index in [4.69, 9.17) is 0 Å². The van der Waals surface area contributed by atoms with Crippen LogP contribution in [0, 0.1) is 0 Å². The lowest BCUT2D eigenvalue weighted by molar-refractivity contribution is 0.557. The average Bonchev–Trinajstić information content (AvgIpc) is 2.58. The number of hydrogen-bond acceptors (Lipinski definition) is 3. The molecular formula is C12H24N4. The summed E-state index contributed by atoms with van der Waals surface area (Å²) in [7, 11) is 3.94. The summed E-state index contributed by atoms with van der Waals surface area (Å²) in [5.74, 6) is 0. The summed E-state index contributed by atoms with van der Waals surface area (Å²) in [5.41, 5.74) is 3.84. The molecule has 0 fully saturated rings. The second kappa shape index (κ2) is 5.46. The van der Waals surface area contributed by atoms with Gasteiger partial charge in [-0.1, -0.05) is 20.8 Å². The molecule has 0 aliphatic heterocycles. The predicted molar refractivity (Wildman–Crippen MR) is 67.7 cm³/mol. The van der Waals surface area contributed by atoms with Crippen LogP contribution in [-0.2, 0) is 18.4 Å². The van der Waals surface area contributed by atoms with Gasteiger partial charge in [0.1, 0.15) is 0 Å². The molecule has 0 aliphatic rings. The fraction of sp³-hybridized carbons (Fsp3) is 0.750. The molecule has 0 saturated heterocycles. The first-order valence-electron chi connectivity index (χ1n) is 5.86. The second-order valence-corrected chi connectivity index (χ2v) is 5.16. The molecule has 0 unspecified atom stereocenters. The molecule has 92 valence electrons. The smallest absolute Gasteiger partial charge is 0.0723 e. The van der Waals surface area contributed by atoms with Gasteiger partial charge in [-0.3, -0.25) is 5.10 Å². The molecule has 3 N–H and O–H groups in total. The molecular weight excluding hydrogens is 200 g/mol. The molecule has 0 aromatic carbocycles. The van der Waals surface area contributed by atoms with Crippen LogP contribution in [0.1, 0.15) is 37.7 Å². The Morgan fingerprint density at radius 3 is 2.38 bits per heavy atom. The molecule has 0 amide bonds. The number of likely N-dealkylation sites (N-methyl/N-ethyl adjacent to an activating group) is 1. The third kappa shape index (κ3) is 3.06. The van der Waals surface area contributed by atoms with Gasteiger partial charge in [-0.15, -0.1) is 0 Å². The quantitative estimate of drug-likeness (QED) is 0.704. The van der Waals surface area contributed by atoms with Gasteiger partial charge in [0, 0.05) is 36.2 Å². The van der Waals surface area contributed by atoms with Crippen molar-refractivity contribution in [2.75, 3.05) is 20.6 Å². The van der Waals surface area contributed by atoms with E-state index >= 15 is 0 Å². The molecule has 0 spiro atoms. The molecule has 0 atom stereocenters. The monoisotopic (exact) mass is 224 g/mol. The first kappa shape index (κ1) is 13.2. The van der Waals surface area contributed by atoms with Crippen LogP contribution in [0.3, 0.4) is 0 Å². The summed E-state index contributed by atoms with van der Waals surface area (Å²) < 4.78 is 0. The Morgan fingerprint density at radius 1 is 1.19 bits per heavy atom. The van der Waals surface area contributed by atoms with Gasteiger partial charge >= 0.3 is 0 Å². The van der Waals surface area contributed by atoms with Crippen LogP contribution in [0.4, 0.5) is 0 Å². The average molecular weight is 224 g/mol. The third-order valence-corrected chi connectivity index (χ3v) is 2.64. The van der Waals surface area contributed by atoms with Crippen molar-refractivity contribution in [1.29, 1.82) is 0 Å². The highest BCUT2D eigenvalue weighted by atomic mass is 15.1. The topological polar surface area (TPSA) is 52.7 Å². The molecule has 1 heterocycles. The second-order valence-electron chi connectivity index (χ2n) is 5.16. The van der Waals surface area contributed by atoms with Gasteiger partial charge in [0.25, 0.3) is 0 Å². The SMILES string of the molecule is CNCCc1[nH]nc(C(C)(C)C)c1CNC. The fourth-order valence-corrected chi connectivity index (χ4v) is 1.85. The van der Waals surface area contributed by atoms with Gasteiger partial charge in [-0.2, -0.15) is 5.10 Å². The summed E-state index contributed by atoms with van der Waals surface area (Å²) >= 11 is 0. The molecule has 16 heavy (non-hydrogen) atoms. The minimum atomic E-state index is 0.0978. The summed E-state index contributed by atoms with van der Waals surface area (Å²) in [6.07, 6.45) is 0.997. The maximum Gasteiger partial charge on any atom is 0.0723 e. The molecule has 4 nitrogen and oxygen atoms in total. The summed E-state index contributed by atoms with van der Waals surface area (Å²) in [4.78, 5) is 0. The number of rotatable bonds is 5. The zero-order valence-corrected chi connectivity index (χ0v) is 11.1. The first-order valence-corrected chi connectivity index (χ1v) is 5.86. The van der Waals surface area contributed by atoms with Gasteiger partial charge in [-0.05, 0) is 14.1 Å². The minimum absolute atomic E-state index is 0.0978. The predicted octanol–water partition coefficient (Wildman–Crippen LogP) is 1.19. The molecule has 0 radical (unpaired) electrons. The van der Waals surface area contributed by atoms with Crippen molar-refractivity contribution in [3.8, 4) is 0 Å².